The van der Waals surface area contributed by atoms with Crippen LogP contribution in [0, 0.1) is 5.92 Å². The molecule has 0 spiro atoms. The summed E-state index contributed by atoms with van der Waals surface area (Å²) >= 11 is 0. The molecule has 7 nitrogen and oxygen atoms in total. The Morgan fingerprint density at radius 1 is 0.828 bits per heavy atom. The molecule has 29 heavy (non-hydrogen) atoms. The summed E-state index contributed by atoms with van der Waals surface area (Å²) in [6, 6.07) is 14.4. The van der Waals surface area contributed by atoms with E-state index >= 15 is 0 Å². The van der Waals surface area contributed by atoms with Crippen molar-refractivity contribution in [1.29, 1.82) is 0 Å². The standard InChI is InChI=1S/C22H29N3O4/c1-16(2)14-21(26)24-18-4-6-19(7-5-18)25-22(27)15-23-17-8-10-20(11-9-17)29-13-12-28-3/h4-11,16,23H,12-15H2,1-3H3,(H,24,26)(H,25,27). The quantitative estimate of drug-likeness (QED) is 0.501. The van der Waals surface area contributed by atoms with E-state index < -0.39 is 0 Å². The van der Waals surface area contributed by atoms with Crippen molar-refractivity contribution in [1.82, 2.24) is 0 Å². The molecule has 0 heterocycles. The van der Waals surface area contributed by atoms with Gasteiger partial charge in [0.15, 0.2) is 0 Å². The molecule has 0 atom stereocenters. The Hall–Kier alpha value is -3.06. The first-order chi connectivity index (χ1) is 14.0. The number of nitrogens with one attached hydrogen (secondary N) is 3. The molecule has 0 fully saturated rings. The lowest BCUT2D eigenvalue weighted by molar-refractivity contribution is -0.117. The molecule has 0 radical (unpaired) electrons. The van der Waals surface area contributed by atoms with Gasteiger partial charge in [0.05, 0.1) is 13.2 Å². The zero-order chi connectivity index (χ0) is 21.1. The van der Waals surface area contributed by atoms with Crippen LogP contribution < -0.4 is 20.7 Å². The first-order valence-electron chi connectivity index (χ1n) is 9.61. The zero-order valence-corrected chi connectivity index (χ0v) is 17.2. The number of ether oxygens (including phenoxy) is 2. The lowest BCUT2D eigenvalue weighted by Gasteiger charge is -2.10. The Morgan fingerprint density at radius 2 is 1.38 bits per heavy atom. The SMILES string of the molecule is COCCOc1ccc(NCC(=O)Nc2ccc(NC(=O)CC(C)C)cc2)cc1. The molecule has 2 amide bonds. The van der Waals surface area contributed by atoms with Gasteiger partial charge in [-0.25, -0.2) is 0 Å². The molecule has 0 aliphatic rings. The van der Waals surface area contributed by atoms with Gasteiger partial charge in [0.1, 0.15) is 12.4 Å². The van der Waals surface area contributed by atoms with Crippen LogP contribution in [0.3, 0.4) is 0 Å². The second-order valence-corrected chi connectivity index (χ2v) is 6.99. The van der Waals surface area contributed by atoms with E-state index in [0.717, 1.165) is 11.4 Å². The van der Waals surface area contributed by atoms with E-state index in [2.05, 4.69) is 16.0 Å². The van der Waals surface area contributed by atoms with Gasteiger partial charge in [-0.1, -0.05) is 13.8 Å². The summed E-state index contributed by atoms with van der Waals surface area (Å²) in [5.74, 6) is 0.871. The van der Waals surface area contributed by atoms with Crippen molar-refractivity contribution < 1.29 is 19.1 Å². The van der Waals surface area contributed by atoms with Gasteiger partial charge >= 0.3 is 0 Å². The summed E-state index contributed by atoms with van der Waals surface area (Å²) in [6.45, 7) is 5.16. The molecule has 0 aliphatic heterocycles. The fraction of sp³-hybridized carbons (Fsp3) is 0.364. The predicted molar refractivity (Wildman–Crippen MR) is 115 cm³/mol. The zero-order valence-electron chi connectivity index (χ0n) is 17.2. The van der Waals surface area contributed by atoms with Crippen LogP contribution in [0.4, 0.5) is 17.1 Å². The summed E-state index contributed by atoms with van der Waals surface area (Å²) in [6.07, 6.45) is 0.477. The summed E-state index contributed by atoms with van der Waals surface area (Å²) in [5, 5.41) is 8.72. The summed E-state index contributed by atoms with van der Waals surface area (Å²) in [4.78, 5) is 23.9. The second kappa shape index (κ2) is 11.7. The van der Waals surface area contributed by atoms with Crippen molar-refractivity contribution in [2.24, 2.45) is 5.92 Å². The van der Waals surface area contributed by atoms with Crippen molar-refractivity contribution in [3.05, 3.63) is 48.5 Å². The monoisotopic (exact) mass is 399 g/mol. The molecule has 0 bridgehead atoms. The molecular weight excluding hydrogens is 370 g/mol. The minimum Gasteiger partial charge on any atom is -0.491 e. The highest BCUT2D eigenvalue weighted by atomic mass is 16.5. The lowest BCUT2D eigenvalue weighted by atomic mass is 10.1. The van der Waals surface area contributed by atoms with E-state index in [1.54, 1.807) is 31.4 Å². The van der Waals surface area contributed by atoms with Crippen LogP contribution in [-0.2, 0) is 14.3 Å². The van der Waals surface area contributed by atoms with Crippen LogP contribution in [0.25, 0.3) is 0 Å². The average Bonchev–Trinajstić information content (AvgIpc) is 2.68. The van der Waals surface area contributed by atoms with E-state index in [4.69, 9.17) is 9.47 Å². The largest absolute Gasteiger partial charge is 0.491 e. The number of carbonyl (C=O) groups is 2. The van der Waals surface area contributed by atoms with Crippen molar-refractivity contribution in [2.75, 3.05) is 42.8 Å². The number of methoxy groups -OCH3 is 1. The maximum Gasteiger partial charge on any atom is 0.243 e. The van der Waals surface area contributed by atoms with Crippen LogP contribution in [0.2, 0.25) is 0 Å². The third-order valence-corrected chi connectivity index (χ3v) is 3.91. The van der Waals surface area contributed by atoms with Crippen LogP contribution in [0.15, 0.2) is 48.5 Å². The number of benzene rings is 2. The number of amides is 2. The minimum absolute atomic E-state index is 0.0175. The van der Waals surface area contributed by atoms with E-state index in [0.29, 0.717) is 36.9 Å². The predicted octanol–water partition coefficient (Wildman–Crippen LogP) is 3.75. The molecule has 7 heteroatoms. The molecule has 0 saturated carbocycles. The molecule has 2 rings (SSSR count). The van der Waals surface area contributed by atoms with Crippen LogP contribution in [-0.4, -0.2) is 38.7 Å². The Balaban J connectivity index is 1.75. The third-order valence-electron chi connectivity index (χ3n) is 3.91. The van der Waals surface area contributed by atoms with Gasteiger partial charge in [0.2, 0.25) is 11.8 Å². The van der Waals surface area contributed by atoms with Gasteiger partial charge < -0.3 is 25.4 Å². The molecule has 2 aromatic rings. The maximum atomic E-state index is 12.1. The van der Waals surface area contributed by atoms with Gasteiger partial charge in [-0.2, -0.15) is 0 Å². The average molecular weight is 399 g/mol. The minimum atomic E-state index is -0.165. The van der Waals surface area contributed by atoms with Crippen LogP contribution in [0.5, 0.6) is 5.75 Å². The molecule has 2 aromatic carbocycles. The molecule has 0 aromatic heterocycles. The number of anilines is 3. The van der Waals surface area contributed by atoms with Crippen LogP contribution >= 0.6 is 0 Å². The van der Waals surface area contributed by atoms with Crippen molar-refractivity contribution in [3.63, 3.8) is 0 Å². The van der Waals surface area contributed by atoms with Gasteiger partial charge in [-0.05, 0) is 54.4 Å². The Labute approximate surface area is 171 Å². The van der Waals surface area contributed by atoms with Gasteiger partial charge in [0.25, 0.3) is 0 Å². The molecule has 3 N–H and O–H groups in total. The molecule has 0 unspecified atom stereocenters. The van der Waals surface area contributed by atoms with Gasteiger partial charge in [-0.15, -0.1) is 0 Å². The molecule has 156 valence electrons. The highest BCUT2D eigenvalue weighted by Crippen LogP contribution is 2.16. The normalized spacial score (nSPS) is 10.5. The van der Waals surface area contributed by atoms with E-state index in [9.17, 15) is 9.59 Å². The fourth-order valence-corrected chi connectivity index (χ4v) is 2.52. The molecule has 0 saturated heterocycles. The van der Waals surface area contributed by atoms with E-state index in [1.807, 2.05) is 38.1 Å². The molecule has 0 aliphatic carbocycles. The topological polar surface area (TPSA) is 88.7 Å². The first kappa shape index (κ1) is 22.2. The van der Waals surface area contributed by atoms with Gasteiger partial charge in [-0.3, -0.25) is 9.59 Å². The smallest absolute Gasteiger partial charge is 0.243 e. The fourth-order valence-electron chi connectivity index (χ4n) is 2.52. The van der Waals surface area contributed by atoms with Gasteiger partial charge in [0, 0.05) is 30.6 Å². The number of rotatable bonds is 11. The van der Waals surface area contributed by atoms with Crippen molar-refractivity contribution in [2.45, 2.75) is 20.3 Å². The highest BCUT2D eigenvalue weighted by molar-refractivity contribution is 5.94. The van der Waals surface area contributed by atoms with Crippen molar-refractivity contribution in [3.8, 4) is 5.75 Å². The molecular formula is C22H29N3O4. The Bertz CT molecular complexity index is 774. The third kappa shape index (κ3) is 8.66. The summed E-state index contributed by atoms with van der Waals surface area (Å²) in [5.41, 5.74) is 2.20. The van der Waals surface area contributed by atoms with Crippen molar-refractivity contribution >= 4 is 28.9 Å². The second-order valence-electron chi connectivity index (χ2n) is 6.99. The number of carbonyl (C=O) groups excluding carboxylic acids is 2. The lowest BCUT2D eigenvalue weighted by Crippen LogP contribution is -2.21. The van der Waals surface area contributed by atoms with E-state index in [-0.39, 0.29) is 18.4 Å². The number of hydrogen-bond donors (Lipinski definition) is 3. The Morgan fingerprint density at radius 3 is 1.93 bits per heavy atom. The highest BCUT2D eigenvalue weighted by Gasteiger charge is 2.06. The number of hydrogen-bond acceptors (Lipinski definition) is 5. The van der Waals surface area contributed by atoms with E-state index in [1.165, 1.54) is 0 Å². The Kier molecular flexibility index (Phi) is 8.98. The maximum absolute atomic E-state index is 12.1. The first-order valence-corrected chi connectivity index (χ1v) is 9.61. The van der Waals surface area contributed by atoms with Crippen LogP contribution in [0.1, 0.15) is 20.3 Å². The summed E-state index contributed by atoms with van der Waals surface area (Å²) in [7, 11) is 1.63. The summed E-state index contributed by atoms with van der Waals surface area (Å²) < 4.78 is 10.4.